The van der Waals surface area contributed by atoms with Gasteiger partial charge in [-0.2, -0.15) is 5.10 Å². The fourth-order valence-electron chi connectivity index (χ4n) is 3.89. The molecule has 1 heterocycles. The van der Waals surface area contributed by atoms with Gasteiger partial charge in [-0.3, -0.25) is 9.48 Å². The van der Waals surface area contributed by atoms with Crippen molar-refractivity contribution in [3.8, 4) is 11.1 Å². The van der Waals surface area contributed by atoms with Crippen LogP contribution in [0.3, 0.4) is 0 Å². The summed E-state index contributed by atoms with van der Waals surface area (Å²) in [6, 6.07) is 21.4. The lowest BCUT2D eigenvalue weighted by Crippen LogP contribution is -2.24. The maximum Gasteiger partial charge on any atom is 0.339 e. The molecule has 33 heavy (non-hydrogen) atoms. The van der Waals surface area contributed by atoms with Crippen LogP contribution < -0.4 is 0 Å². The summed E-state index contributed by atoms with van der Waals surface area (Å²) in [6.45, 7) is 9.73. The zero-order valence-electron chi connectivity index (χ0n) is 19.7. The lowest BCUT2D eigenvalue weighted by molar-refractivity contribution is 0.00703. The molecule has 0 spiro atoms. The highest BCUT2D eigenvalue weighted by molar-refractivity contribution is 5.98. The van der Waals surface area contributed by atoms with Crippen molar-refractivity contribution in [3.05, 3.63) is 89.1 Å². The number of Topliss-reactive ketones (excluding diaryl/α,β-unsaturated/α-hetero) is 1. The number of hydrogen-bond donors (Lipinski definition) is 0. The molecule has 0 radical (unpaired) electrons. The molecule has 4 aromatic rings. The van der Waals surface area contributed by atoms with E-state index in [-0.39, 0.29) is 11.8 Å². The Labute approximate surface area is 194 Å². The summed E-state index contributed by atoms with van der Waals surface area (Å²) in [5, 5.41) is 5.67. The Balaban J connectivity index is 1.61. The Hall–Kier alpha value is -3.73. The molecule has 5 nitrogen and oxygen atoms in total. The summed E-state index contributed by atoms with van der Waals surface area (Å²) in [5.74, 6) is -0.281. The van der Waals surface area contributed by atoms with Crippen LogP contribution in [-0.2, 0) is 11.3 Å². The fourth-order valence-corrected chi connectivity index (χ4v) is 3.89. The SMILES string of the molecule is CC(=O)c1ccc2c(c1)c(C)nn2Cc1ccc(-c2ccccc2C(=O)OC(C)(C)C)cc1. The van der Waals surface area contributed by atoms with Gasteiger partial charge in [-0.1, -0.05) is 42.5 Å². The molecule has 0 aliphatic rings. The molecule has 0 aliphatic heterocycles. The van der Waals surface area contributed by atoms with Crippen molar-refractivity contribution < 1.29 is 14.3 Å². The topological polar surface area (TPSA) is 61.2 Å². The van der Waals surface area contributed by atoms with E-state index < -0.39 is 5.60 Å². The van der Waals surface area contributed by atoms with Gasteiger partial charge in [0.25, 0.3) is 0 Å². The van der Waals surface area contributed by atoms with E-state index >= 15 is 0 Å². The molecule has 5 heteroatoms. The van der Waals surface area contributed by atoms with Crippen LogP contribution in [0.5, 0.6) is 0 Å². The van der Waals surface area contributed by atoms with E-state index in [9.17, 15) is 9.59 Å². The van der Waals surface area contributed by atoms with E-state index in [1.54, 1.807) is 13.0 Å². The number of carbonyl (C=O) groups excluding carboxylic acids is 2. The smallest absolute Gasteiger partial charge is 0.339 e. The maximum atomic E-state index is 12.7. The number of aromatic nitrogens is 2. The van der Waals surface area contributed by atoms with Crippen LogP contribution in [0.15, 0.2) is 66.7 Å². The first-order valence-corrected chi connectivity index (χ1v) is 11.0. The Morgan fingerprint density at radius 3 is 2.33 bits per heavy atom. The van der Waals surface area contributed by atoms with E-state index in [2.05, 4.69) is 5.10 Å². The monoisotopic (exact) mass is 440 g/mol. The molecule has 0 bridgehead atoms. The minimum absolute atomic E-state index is 0.0475. The molecule has 1 aromatic heterocycles. The Morgan fingerprint density at radius 1 is 0.970 bits per heavy atom. The Bertz CT molecular complexity index is 1340. The van der Waals surface area contributed by atoms with Gasteiger partial charge >= 0.3 is 5.97 Å². The molecule has 0 fully saturated rings. The number of esters is 1. The van der Waals surface area contributed by atoms with Crippen molar-refractivity contribution in [2.75, 3.05) is 0 Å². The van der Waals surface area contributed by atoms with Crippen LogP contribution in [0.1, 0.15) is 59.7 Å². The number of carbonyl (C=O) groups is 2. The number of ketones is 1. The first kappa shape index (κ1) is 22.5. The third-order valence-corrected chi connectivity index (χ3v) is 5.48. The van der Waals surface area contributed by atoms with Gasteiger partial charge in [0.2, 0.25) is 0 Å². The third kappa shape index (κ3) is 4.87. The average Bonchev–Trinajstić information content (AvgIpc) is 3.08. The first-order valence-electron chi connectivity index (χ1n) is 11.0. The molecule has 0 aliphatic carbocycles. The summed E-state index contributed by atoms with van der Waals surface area (Å²) < 4.78 is 7.54. The van der Waals surface area contributed by atoms with Crippen LogP contribution in [0.4, 0.5) is 0 Å². The van der Waals surface area contributed by atoms with Crippen LogP contribution in [-0.4, -0.2) is 27.1 Å². The van der Waals surface area contributed by atoms with Crippen LogP contribution >= 0.6 is 0 Å². The summed E-state index contributed by atoms with van der Waals surface area (Å²) >= 11 is 0. The third-order valence-electron chi connectivity index (χ3n) is 5.48. The van der Waals surface area contributed by atoms with Gasteiger partial charge in [0.1, 0.15) is 5.60 Å². The standard InChI is InChI=1S/C28H28N2O3/c1-18-25-16-22(19(2)31)14-15-26(25)30(29-18)17-20-10-12-21(13-11-20)23-8-6-7-9-24(23)27(32)33-28(3,4)5/h6-16H,17H2,1-5H3. The molecule has 0 saturated carbocycles. The molecule has 0 amide bonds. The van der Waals surface area contributed by atoms with Crippen molar-refractivity contribution in [1.29, 1.82) is 0 Å². The molecular formula is C28H28N2O3. The summed E-state index contributed by atoms with van der Waals surface area (Å²) in [6.07, 6.45) is 0. The van der Waals surface area contributed by atoms with Gasteiger partial charge in [0, 0.05) is 10.9 Å². The second kappa shape index (κ2) is 8.66. The number of fused-ring (bicyclic) bond motifs is 1. The van der Waals surface area contributed by atoms with Gasteiger partial charge in [-0.15, -0.1) is 0 Å². The van der Waals surface area contributed by atoms with Crippen molar-refractivity contribution in [2.45, 2.75) is 46.8 Å². The van der Waals surface area contributed by atoms with Gasteiger partial charge in [0.05, 0.1) is 23.3 Å². The molecule has 0 N–H and O–H groups in total. The van der Waals surface area contributed by atoms with Crippen molar-refractivity contribution in [2.24, 2.45) is 0 Å². The zero-order valence-corrected chi connectivity index (χ0v) is 19.7. The van der Waals surface area contributed by atoms with Crippen LogP contribution in [0, 0.1) is 6.92 Å². The normalized spacial score (nSPS) is 11.5. The molecule has 168 valence electrons. The van der Waals surface area contributed by atoms with Gasteiger partial charge in [-0.05, 0) is 75.6 Å². The van der Waals surface area contributed by atoms with E-state index in [0.29, 0.717) is 17.7 Å². The number of rotatable bonds is 5. The number of aryl methyl sites for hydroxylation is 1. The average molecular weight is 441 g/mol. The van der Waals surface area contributed by atoms with E-state index in [4.69, 9.17) is 4.74 Å². The van der Waals surface area contributed by atoms with Crippen LogP contribution in [0.2, 0.25) is 0 Å². The Morgan fingerprint density at radius 2 is 1.67 bits per heavy atom. The molecule has 0 atom stereocenters. The number of ether oxygens (including phenoxy) is 1. The highest BCUT2D eigenvalue weighted by Crippen LogP contribution is 2.27. The minimum atomic E-state index is -0.552. The van der Waals surface area contributed by atoms with E-state index in [0.717, 1.165) is 33.3 Å². The molecule has 0 unspecified atom stereocenters. The molecular weight excluding hydrogens is 412 g/mol. The predicted molar refractivity (Wildman–Crippen MR) is 131 cm³/mol. The van der Waals surface area contributed by atoms with Gasteiger partial charge in [0.15, 0.2) is 5.78 Å². The Kier molecular flexibility index (Phi) is 5.90. The van der Waals surface area contributed by atoms with E-state index in [1.807, 2.05) is 93.0 Å². The zero-order chi connectivity index (χ0) is 23.8. The second-order valence-corrected chi connectivity index (χ2v) is 9.28. The number of nitrogens with zero attached hydrogens (tertiary/aromatic N) is 2. The molecule has 3 aromatic carbocycles. The predicted octanol–water partition coefficient (Wildman–Crippen LogP) is 6.22. The summed E-state index contributed by atoms with van der Waals surface area (Å²) in [7, 11) is 0. The summed E-state index contributed by atoms with van der Waals surface area (Å²) in [4.78, 5) is 24.4. The highest BCUT2D eigenvalue weighted by Gasteiger charge is 2.20. The minimum Gasteiger partial charge on any atom is -0.456 e. The second-order valence-electron chi connectivity index (χ2n) is 9.28. The van der Waals surface area contributed by atoms with E-state index in [1.165, 1.54) is 0 Å². The van der Waals surface area contributed by atoms with Crippen molar-refractivity contribution >= 4 is 22.7 Å². The fraction of sp³-hybridized carbons (Fsp3) is 0.250. The number of hydrogen-bond acceptors (Lipinski definition) is 4. The lowest BCUT2D eigenvalue weighted by Gasteiger charge is -2.20. The largest absolute Gasteiger partial charge is 0.456 e. The highest BCUT2D eigenvalue weighted by atomic mass is 16.6. The summed E-state index contributed by atoms with van der Waals surface area (Å²) in [5.41, 5.74) is 5.47. The van der Waals surface area contributed by atoms with Gasteiger partial charge < -0.3 is 4.74 Å². The lowest BCUT2D eigenvalue weighted by atomic mass is 9.98. The van der Waals surface area contributed by atoms with Crippen molar-refractivity contribution in [3.63, 3.8) is 0 Å². The molecule has 0 saturated heterocycles. The van der Waals surface area contributed by atoms with Crippen LogP contribution in [0.25, 0.3) is 22.0 Å². The quantitative estimate of drug-likeness (QED) is 0.273. The maximum absolute atomic E-state index is 12.7. The van der Waals surface area contributed by atoms with Crippen molar-refractivity contribution in [1.82, 2.24) is 9.78 Å². The molecule has 4 rings (SSSR count). The van der Waals surface area contributed by atoms with Gasteiger partial charge in [-0.25, -0.2) is 4.79 Å². The first-order chi connectivity index (χ1) is 15.6. The number of benzene rings is 3.